The first kappa shape index (κ1) is 13.9. The van der Waals surface area contributed by atoms with Crippen LogP contribution in [0.4, 0.5) is 0 Å². The number of likely N-dealkylation sites (N-methyl/N-ethyl adjacent to an activating group) is 1. The Morgan fingerprint density at radius 1 is 1.44 bits per heavy atom. The molecule has 3 nitrogen and oxygen atoms in total. The van der Waals surface area contributed by atoms with Gasteiger partial charge in [0.2, 0.25) is 0 Å². The van der Waals surface area contributed by atoms with Crippen LogP contribution in [-0.4, -0.2) is 43.3 Å². The lowest BCUT2D eigenvalue weighted by molar-refractivity contribution is 0.0237. The fraction of sp³-hybridized carbons (Fsp3) is 1.00. The summed E-state index contributed by atoms with van der Waals surface area (Å²) in [6, 6.07) is 0.418. The van der Waals surface area contributed by atoms with Gasteiger partial charge in [0.15, 0.2) is 0 Å². The number of hydrogen-bond acceptors (Lipinski definition) is 3. The van der Waals surface area contributed by atoms with E-state index in [2.05, 4.69) is 25.7 Å². The zero-order valence-electron chi connectivity index (χ0n) is 11.1. The molecule has 0 aromatic rings. The molecule has 1 aliphatic heterocycles. The maximum absolute atomic E-state index is 5.92. The van der Waals surface area contributed by atoms with E-state index in [1.807, 2.05) is 0 Å². The molecule has 3 heteroatoms. The minimum atomic E-state index is 0.369. The standard InChI is InChI=1S/C13H28N2O/c1-4-11(3)10-15(5-2)12(9-14)13-7-6-8-16-13/h11-13H,4-10,14H2,1-3H3. The van der Waals surface area contributed by atoms with Crippen molar-refractivity contribution in [1.82, 2.24) is 4.90 Å². The Bertz CT molecular complexity index is 181. The van der Waals surface area contributed by atoms with Crippen molar-refractivity contribution in [2.45, 2.75) is 52.2 Å². The van der Waals surface area contributed by atoms with Crippen LogP contribution in [0.15, 0.2) is 0 Å². The molecule has 0 saturated carbocycles. The average Bonchev–Trinajstić information content (AvgIpc) is 2.82. The first-order valence-corrected chi connectivity index (χ1v) is 6.78. The number of rotatable bonds is 7. The number of ether oxygens (including phenoxy) is 1. The molecule has 0 spiro atoms. The highest BCUT2D eigenvalue weighted by molar-refractivity contribution is 4.84. The highest BCUT2D eigenvalue weighted by Crippen LogP contribution is 2.20. The first-order chi connectivity index (χ1) is 7.72. The topological polar surface area (TPSA) is 38.5 Å². The van der Waals surface area contributed by atoms with Gasteiger partial charge < -0.3 is 10.5 Å². The van der Waals surface area contributed by atoms with Crippen LogP contribution in [0.3, 0.4) is 0 Å². The van der Waals surface area contributed by atoms with E-state index in [-0.39, 0.29) is 0 Å². The normalized spacial score (nSPS) is 24.9. The molecule has 1 saturated heterocycles. The second-order valence-corrected chi connectivity index (χ2v) is 4.96. The summed E-state index contributed by atoms with van der Waals surface area (Å²) in [7, 11) is 0. The Labute approximate surface area is 100 Å². The minimum absolute atomic E-state index is 0.369. The highest BCUT2D eigenvalue weighted by atomic mass is 16.5. The third-order valence-electron chi connectivity index (χ3n) is 3.75. The summed E-state index contributed by atoms with van der Waals surface area (Å²) in [6.07, 6.45) is 3.98. The highest BCUT2D eigenvalue weighted by Gasteiger charge is 2.29. The van der Waals surface area contributed by atoms with Crippen molar-refractivity contribution in [3.8, 4) is 0 Å². The lowest BCUT2D eigenvalue weighted by Gasteiger charge is -2.35. The molecule has 1 rings (SSSR count). The summed E-state index contributed by atoms with van der Waals surface area (Å²) < 4.78 is 5.78. The summed E-state index contributed by atoms with van der Waals surface area (Å²) in [5.74, 6) is 0.746. The largest absolute Gasteiger partial charge is 0.377 e. The molecular formula is C13H28N2O. The van der Waals surface area contributed by atoms with Crippen LogP contribution in [-0.2, 0) is 4.74 Å². The lowest BCUT2D eigenvalue weighted by Crippen LogP contribution is -2.49. The maximum Gasteiger partial charge on any atom is 0.0743 e. The van der Waals surface area contributed by atoms with Gasteiger partial charge >= 0.3 is 0 Å². The van der Waals surface area contributed by atoms with Gasteiger partial charge in [-0.2, -0.15) is 0 Å². The molecule has 0 aromatic heterocycles. The Balaban J connectivity index is 2.52. The average molecular weight is 228 g/mol. The van der Waals surface area contributed by atoms with Gasteiger partial charge in [0.1, 0.15) is 0 Å². The Morgan fingerprint density at radius 3 is 2.62 bits per heavy atom. The van der Waals surface area contributed by atoms with Crippen molar-refractivity contribution in [2.24, 2.45) is 11.7 Å². The van der Waals surface area contributed by atoms with E-state index in [0.29, 0.717) is 12.1 Å². The molecule has 0 amide bonds. The van der Waals surface area contributed by atoms with Crippen LogP contribution in [0.2, 0.25) is 0 Å². The third kappa shape index (κ3) is 3.72. The summed E-state index contributed by atoms with van der Waals surface area (Å²) in [4.78, 5) is 2.50. The minimum Gasteiger partial charge on any atom is -0.377 e. The lowest BCUT2D eigenvalue weighted by atomic mass is 10.0. The van der Waals surface area contributed by atoms with Crippen molar-refractivity contribution < 1.29 is 4.74 Å². The molecular weight excluding hydrogens is 200 g/mol. The summed E-state index contributed by atoms with van der Waals surface area (Å²) >= 11 is 0. The van der Waals surface area contributed by atoms with Gasteiger partial charge in [-0.25, -0.2) is 0 Å². The number of hydrogen-bond donors (Lipinski definition) is 1. The first-order valence-electron chi connectivity index (χ1n) is 6.78. The predicted octanol–water partition coefficient (Wildman–Crippen LogP) is 1.86. The molecule has 0 bridgehead atoms. The van der Waals surface area contributed by atoms with Crippen LogP contribution < -0.4 is 5.73 Å². The molecule has 16 heavy (non-hydrogen) atoms. The fourth-order valence-electron chi connectivity index (χ4n) is 2.47. The molecule has 1 heterocycles. The molecule has 0 aliphatic carbocycles. The van der Waals surface area contributed by atoms with Gasteiger partial charge in [-0.3, -0.25) is 4.90 Å². The molecule has 0 aromatic carbocycles. The molecule has 1 fully saturated rings. The van der Waals surface area contributed by atoms with Gasteiger partial charge in [-0.15, -0.1) is 0 Å². The van der Waals surface area contributed by atoms with E-state index in [1.165, 1.54) is 19.3 Å². The van der Waals surface area contributed by atoms with Crippen molar-refractivity contribution in [3.05, 3.63) is 0 Å². The predicted molar refractivity (Wildman–Crippen MR) is 68.5 cm³/mol. The molecule has 1 aliphatic rings. The Kier molecular flexibility index (Phi) is 6.32. The van der Waals surface area contributed by atoms with Crippen molar-refractivity contribution in [1.29, 1.82) is 0 Å². The van der Waals surface area contributed by atoms with Crippen LogP contribution in [0.1, 0.15) is 40.0 Å². The second kappa shape index (κ2) is 7.25. The second-order valence-electron chi connectivity index (χ2n) is 4.96. The molecule has 3 atom stereocenters. The molecule has 96 valence electrons. The van der Waals surface area contributed by atoms with Gasteiger partial charge in [0.25, 0.3) is 0 Å². The van der Waals surface area contributed by atoms with E-state index >= 15 is 0 Å². The SMILES string of the molecule is CCC(C)CN(CC)C(CN)C1CCCO1. The molecule has 3 unspecified atom stereocenters. The van der Waals surface area contributed by atoms with Gasteiger partial charge in [0.05, 0.1) is 6.10 Å². The fourth-order valence-corrected chi connectivity index (χ4v) is 2.47. The van der Waals surface area contributed by atoms with E-state index in [9.17, 15) is 0 Å². The third-order valence-corrected chi connectivity index (χ3v) is 3.75. The van der Waals surface area contributed by atoms with Crippen LogP contribution in [0.25, 0.3) is 0 Å². The number of nitrogens with two attached hydrogens (primary N) is 1. The maximum atomic E-state index is 5.92. The Morgan fingerprint density at radius 2 is 2.19 bits per heavy atom. The number of nitrogens with zero attached hydrogens (tertiary/aromatic N) is 1. The molecule has 0 radical (unpaired) electrons. The zero-order valence-corrected chi connectivity index (χ0v) is 11.1. The van der Waals surface area contributed by atoms with Crippen molar-refractivity contribution in [3.63, 3.8) is 0 Å². The van der Waals surface area contributed by atoms with Gasteiger partial charge in [-0.05, 0) is 25.3 Å². The van der Waals surface area contributed by atoms with E-state index in [0.717, 1.165) is 32.2 Å². The monoisotopic (exact) mass is 228 g/mol. The van der Waals surface area contributed by atoms with Crippen LogP contribution in [0, 0.1) is 5.92 Å². The van der Waals surface area contributed by atoms with Crippen molar-refractivity contribution in [2.75, 3.05) is 26.2 Å². The Hall–Kier alpha value is -0.120. The van der Waals surface area contributed by atoms with Gasteiger partial charge in [0, 0.05) is 25.7 Å². The summed E-state index contributed by atoms with van der Waals surface area (Å²) in [5, 5.41) is 0. The van der Waals surface area contributed by atoms with Crippen molar-refractivity contribution >= 4 is 0 Å². The summed E-state index contributed by atoms with van der Waals surface area (Å²) in [5.41, 5.74) is 5.92. The van der Waals surface area contributed by atoms with E-state index < -0.39 is 0 Å². The van der Waals surface area contributed by atoms with Crippen LogP contribution >= 0.6 is 0 Å². The summed E-state index contributed by atoms with van der Waals surface area (Å²) in [6.45, 7) is 10.6. The zero-order chi connectivity index (χ0) is 12.0. The van der Waals surface area contributed by atoms with E-state index in [1.54, 1.807) is 0 Å². The molecule has 2 N–H and O–H groups in total. The van der Waals surface area contributed by atoms with Gasteiger partial charge in [-0.1, -0.05) is 27.2 Å². The smallest absolute Gasteiger partial charge is 0.0743 e. The van der Waals surface area contributed by atoms with Crippen LogP contribution in [0.5, 0.6) is 0 Å². The van der Waals surface area contributed by atoms with E-state index in [4.69, 9.17) is 10.5 Å². The quantitative estimate of drug-likeness (QED) is 0.723.